The molecule has 6 heteroatoms. The topological polar surface area (TPSA) is 87.5 Å². The van der Waals surface area contributed by atoms with Crippen molar-refractivity contribution in [2.45, 2.75) is 6.92 Å². The van der Waals surface area contributed by atoms with Gasteiger partial charge < -0.3 is 10.2 Å². The van der Waals surface area contributed by atoms with Crippen LogP contribution in [0.2, 0.25) is 5.15 Å². The summed E-state index contributed by atoms with van der Waals surface area (Å²) in [7, 11) is 0. The monoisotopic (exact) mass is 367 g/mol. The van der Waals surface area contributed by atoms with E-state index in [1.165, 1.54) is 24.3 Å². The van der Waals surface area contributed by atoms with Crippen LogP contribution >= 0.6 is 11.6 Å². The molecule has 3 rings (SSSR count). The highest BCUT2D eigenvalue weighted by molar-refractivity contribution is 6.31. The predicted octanol–water partition coefficient (Wildman–Crippen LogP) is 4.50. The molecule has 26 heavy (non-hydrogen) atoms. The van der Waals surface area contributed by atoms with Crippen LogP contribution in [0.3, 0.4) is 0 Å². The third-order valence-electron chi connectivity index (χ3n) is 3.88. The van der Waals surface area contributed by atoms with Crippen molar-refractivity contribution in [3.05, 3.63) is 75.9 Å². The molecular formula is C20H14ClNO4. The van der Waals surface area contributed by atoms with Crippen LogP contribution in [-0.2, 0) is 0 Å². The maximum atomic E-state index is 12.3. The van der Waals surface area contributed by atoms with Gasteiger partial charge in [-0.05, 0) is 55.0 Å². The lowest BCUT2D eigenvalue weighted by Crippen LogP contribution is -2.01. The first-order valence-corrected chi connectivity index (χ1v) is 8.08. The maximum Gasteiger partial charge on any atom is 0.339 e. The molecule has 0 radical (unpaired) electrons. The molecule has 0 aliphatic carbocycles. The predicted molar refractivity (Wildman–Crippen MR) is 99.9 cm³/mol. The second kappa shape index (κ2) is 6.98. The quantitative estimate of drug-likeness (QED) is 0.403. The largest absolute Gasteiger partial charge is 0.507 e. The van der Waals surface area contributed by atoms with Gasteiger partial charge in [0.15, 0.2) is 5.78 Å². The van der Waals surface area contributed by atoms with Gasteiger partial charge in [0.25, 0.3) is 0 Å². The van der Waals surface area contributed by atoms with Crippen molar-refractivity contribution in [2.24, 2.45) is 0 Å². The van der Waals surface area contributed by atoms with Crippen LogP contribution in [0.25, 0.3) is 17.0 Å². The number of halogens is 1. The number of aromatic hydroxyl groups is 1. The zero-order chi connectivity index (χ0) is 18.8. The number of carboxylic acids is 1. The van der Waals surface area contributed by atoms with Gasteiger partial charge in [-0.1, -0.05) is 23.7 Å². The summed E-state index contributed by atoms with van der Waals surface area (Å²) in [5.41, 5.74) is 2.24. The van der Waals surface area contributed by atoms with E-state index in [4.69, 9.17) is 16.7 Å². The molecule has 0 spiro atoms. The SMILES string of the molecule is Cc1ccc2cc(/C=C/C(=O)c3ccc(O)c(C(=O)O)c3)c(Cl)nc2c1. The molecule has 0 amide bonds. The van der Waals surface area contributed by atoms with E-state index in [1.54, 1.807) is 0 Å². The lowest BCUT2D eigenvalue weighted by atomic mass is 10.0. The van der Waals surface area contributed by atoms with Gasteiger partial charge in [0, 0.05) is 16.5 Å². The van der Waals surface area contributed by atoms with Crippen molar-refractivity contribution >= 4 is 40.3 Å². The number of aromatic carboxylic acids is 1. The van der Waals surface area contributed by atoms with Crippen LogP contribution in [0, 0.1) is 6.92 Å². The minimum atomic E-state index is -1.31. The summed E-state index contributed by atoms with van der Waals surface area (Å²) in [6.07, 6.45) is 2.82. The first-order valence-electron chi connectivity index (χ1n) is 7.71. The fourth-order valence-electron chi connectivity index (χ4n) is 2.51. The Kier molecular flexibility index (Phi) is 4.73. The van der Waals surface area contributed by atoms with E-state index in [9.17, 15) is 14.7 Å². The molecule has 1 heterocycles. The Hall–Kier alpha value is -3.18. The van der Waals surface area contributed by atoms with Crippen LogP contribution in [-0.4, -0.2) is 26.9 Å². The third kappa shape index (κ3) is 3.58. The van der Waals surface area contributed by atoms with Crippen molar-refractivity contribution in [1.82, 2.24) is 4.98 Å². The van der Waals surface area contributed by atoms with E-state index in [-0.39, 0.29) is 16.3 Å². The first kappa shape index (κ1) is 17.6. The number of pyridine rings is 1. The van der Waals surface area contributed by atoms with Crippen LogP contribution in [0.15, 0.2) is 48.5 Å². The number of hydrogen-bond acceptors (Lipinski definition) is 4. The number of carboxylic acid groups (broad SMARTS) is 1. The Bertz CT molecular complexity index is 1070. The molecule has 0 aliphatic heterocycles. The standard InChI is InChI=1S/C20H14ClNO4/c1-11-2-3-12-9-14(19(21)22-16(12)8-11)5-6-17(23)13-4-7-18(24)15(10-13)20(25)26/h2-10,24H,1H3,(H,25,26)/b6-5+. The van der Waals surface area contributed by atoms with Crippen molar-refractivity contribution in [3.8, 4) is 5.75 Å². The first-order chi connectivity index (χ1) is 12.3. The van der Waals surface area contributed by atoms with Gasteiger partial charge in [-0.25, -0.2) is 9.78 Å². The van der Waals surface area contributed by atoms with E-state index in [0.29, 0.717) is 5.56 Å². The zero-order valence-electron chi connectivity index (χ0n) is 13.7. The molecular weight excluding hydrogens is 354 g/mol. The Morgan fingerprint density at radius 3 is 2.62 bits per heavy atom. The fraction of sp³-hybridized carbons (Fsp3) is 0.0500. The second-order valence-corrected chi connectivity index (χ2v) is 6.16. The number of nitrogens with zero attached hydrogens (tertiary/aromatic N) is 1. The average Bonchev–Trinajstić information content (AvgIpc) is 2.59. The number of fused-ring (bicyclic) bond motifs is 1. The number of ketones is 1. The molecule has 5 nitrogen and oxygen atoms in total. The normalized spacial score (nSPS) is 11.2. The van der Waals surface area contributed by atoms with Crippen LogP contribution in [0.4, 0.5) is 0 Å². The number of carbonyl (C=O) groups excluding carboxylic acids is 1. The molecule has 0 fully saturated rings. The molecule has 0 saturated heterocycles. The van der Waals surface area contributed by atoms with Crippen molar-refractivity contribution < 1.29 is 19.8 Å². The van der Waals surface area contributed by atoms with Crippen LogP contribution < -0.4 is 0 Å². The fourth-order valence-corrected chi connectivity index (χ4v) is 2.72. The Morgan fingerprint density at radius 1 is 1.12 bits per heavy atom. The van der Waals surface area contributed by atoms with E-state index < -0.39 is 17.5 Å². The highest BCUT2D eigenvalue weighted by Gasteiger charge is 2.13. The molecule has 1 aromatic heterocycles. The number of phenols is 1. The lowest BCUT2D eigenvalue weighted by Gasteiger charge is -2.04. The maximum absolute atomic E-state index is 12.3. The minimum absolute atomic E-state index is 0.150. The van der Waals surface area contributed by atoms with Gasteiger partial charge in [-0.3, -0.25) is 4.79 Å². The summed E-state index contributed by atoms with van der Waals surface area (Å²) in [5.74, 6) is -2.11. The van der Waals surface area contributed by atoms with Gasteiger partial charge in [0.05, 0.1) is 5.52 Å². The number of benzene rings is 2. The van der Waals surface area contributed by atoms with E-state index in [1.807, 2.05) is 31.2 Å². The molecule has 0 atom stereocenters. The lowest BCUT2D eigenvalue weighted by molar-refractivity contribution is 0.0693. The molecule has 2 N–H and O–H groups in total. The van der Waals surface area contributed by atoms with Gasteiger partial charge in [0.1, 0.15) is 16.5 Å². The van der Waals surface area contributed by atoms with Gasteiger partial charge in [-0.2, -0.15) is 0 Å². The molecule has 0 bridgehead atoms. The average molecular weight is 368 g/mol. The van der Waals surface area contributed by atoms with Crippen LogP contribution in [0.5, 0.6) is 5.75 Å². The highest BCUT2D eigenvalue weighted by atomic mass is 35.5. The molecule has 130 valence electrons. The third-order valence-corrected chi connectivity index (χ3v) is 4.18. The number of rotatable bonds is 4. The molecule has 2 aromatic carbocycles. The summed E-state index contributed by atoms with van der Waals surface area (Å²) >= 11 is 6.19. The summed E-state index contributed by atoms with van der Waals surface area (Å²) in [4.78, 5) is 27.7. The van der Waals surface area contributed by atoms with Gasteiger partial charge in [-0.15, -0.1) is 0 Å². The number of hydrogen-bond donors (Lipinski definition) is 2. The smallest absolute Gasteiger partial charge is 0.339 e. The second-order valence-electron chi connectivity index (χ2n) is 5.80. The van der Waals surface area contributed by atoms with Crippen LogP contribution in [0.1, 0.15) is 31.8 Å². The van der Waals surface area contributed by atoms with E-state index in [2.05, 4.69) is 4.98 Å². The molecule has 0 saturated carbocycles. The number of allylic oxidation sites excluding steroid dienone is 1. The van der Waals surface area contributed by atoms with E-state index in [0.717, 1.165) is 22.5 Å². The number of aryl methyl sites for hydroxylation is 1. The molecule has 0 unspecified atom stereocenters. The minimum Gasteiger partial charge on any atom is -0.507 e. The Balaban J connectivity index is 1.92. The van der Waals surface area contributed by atoms with Crippen molar-refractivity contribution in [2.75, 3.05) is 0 Å². The number of carbonyl (C=O) groups is 2. The van der Waals surface area contributed by atoms with Gasteiger partial charge >= 0.3 is 5.97 Å². The summed E-state index contributed by atoms with van der Waals surface area (Å²) in [6.45, 7) is 1.96. The highest BCUT2D eigenvalue weighted by Crippen LogP contribution is 2.23. The van der Waals surface area contributed by atoms with Gasteiger partial charge in [0.2, 0.25) is 0 Å². The Morgan fingerprint density at radius 2 is 1.88 bits per heavy atom. The summed E-state index contributed by atoms with van der Waals surface area (Å²) in [6, 6.07) is 11.3. The zero-order valence-corrected chi connectivity index (χ0v) is 14.5. The van der Waals surface area contributed by atoms with Crippen molar-refractivity contribution in [1.29, 1.82) is 0 Å². The number of aromatic nitrogens is 1. The summed E-state index contributed by atoms with van der Waals surface area (Å²) in [5, 5.41) is 19.7. The molecule has 3 aromatic rings. The summed E-state index contributed by atoms with van der Waals surface area (Å²) < 4.78 is 0. The Labute approximate surface area is 154 Å². The van der Waals surface area contributed by atoms with Crippen molar-refractivity contribution in [3.63, 3.8) is 0 Å². The molecule has 0 aliphatic rings. The van der Waals surface area contributed by atoms with E-state index >= 15 is 0 Å².